The van der Waals surface area contributed by atoms with E-state index in [-0.39, 0.29) is 5.91 Å². The zero-order chi connectivity index (χ0) is 20.6. The number of hydrogen-bond acceptors (Lipinski definition) is 2. The highest BCUT2D eigenvalue weighted by molar-refractivity contribution is 5.95. The number of benzene rings is 3. The molecule has 0 aromatic heterocycles. The zero-order valence-electron chi connectivity index (χ0n) is 17.5. The number of rotatable bonds is 8. The predicted molar refractivity (Wildman–Crippen MR) is 122 cm³/mol. The molecule has 0 radical (unpaired) electrons. The van der Waals surface area contributed by atoms with Gasteiger partial charge in [0, 0.05) is 18.7 Å². The van der Waals surface area contributed by atoms with Gasteiger partial charge in [0.05, 0.1) is 0 Å². The molecule has 1 amide bonds. The fourth-order valence-electron chi connectivity index (χ4n) is 4.12. The summed E-state index contributed by atoms with van der Waals surface area (Å²) in [6.45, 7) is 4.00. The van der Waals surface area contributed by atoms with E-state index in [1.807, 2.05) is 24.3 Å². The summed E-state index contributed by atoms with van der Waals surface area (Å²) in [6, 6.07) is 27.0. The molecule has 3 nitrogen and oxygen atoms in total. The number of hydrogen-bond donors (Lipinski definition) is 1. The number of amides is 1. The highest BCUT2D eigenvalue weighted by Crippen LogP contribution is 2.15. The average molecular weight is 399 g/mol. The number of carbonyl (C=O) groups excluding carboxylic acids is 1. The second kappa shape index (κ2) is 10.2. The Morgan fingerprint density at radius 3 is 2.17 bits per heavy atom. The van der Waals surface area contributed by atoms with E-state index < -0.39 is 0 Å². The van der Waals surface area contributed by atoms with Crippen LogP contribution in [0.25, 0.3) is 0 Å². The number of carbonyl (C=O) groups is 1. The van der Waals surface area contributed by atoms with E-state index in [1.54, 1.807) is 0 Å². The van der Waals surface area contributed by atoms with Crippen molar-refractivity contribution in [1.29, 1.82) is 0 Å². The molecule has 30 heavy (non-hydrogen) atoms. The maximum absolute atomic E-state index is 12.8. The van der Waals surface area contributed by atoms with Gasteiger partial charge in [0.2, 0.25) is 0 Å². The molecular weight excluding hydrogens is 368 g/mol. The molecule has 1 heterocycles. The molecule has 0 unspecified atom stereocenters. The Labute approximate surface area is 179 Å². The number of nitrogens with one attached hydrogen (secondary N) is 1. The fourth-order valence-corrected chi connectivity index (χ4v) is 4.12. The largest absolute Gasteiger partial charge is 0.348 e. The average Bonchev–Trinajstić information content (AvgIpc) is 3.31. The van der Waals surface area contributed by atoms with Crippen molar-refractivity contribution in [3.8, 4) is 0 Å². The van der Waals surface area contributed by atoms with Gasteiger partial charge in [0.25, 0.3) is 5.91 Å². The first-order chi connectivity index (χ1) is 14.8. The number of nitrogens with zero attached hydrogens (tertiary/aromatic N) is 1. The lowest BCUT2D eigenvalue weighted by Gasteiger charge is -2.15. The van der Waals surface area contributed by atoms with Gasteiger partial charge in [0.1, 0.15) is 0 Å². The monoisotopic (exact) mass is 398 g/mol. The highest BCUT2D eigenvalue weighted by Gasteiger charge is 2.12. The minimum absolute atomic E-state index is 0.000181. The third-order valence-electron chi connectivity index (χ3n) is 5.87. The molecule has 1 N–H and O–H groups in total. The van der Waals surface area contributed by atoms with Crippen molar-refractivity contribution in [2.75, 3.05) is 13.1 Å². The van der Waals surface area contributed by atoms with Gasteiger partial charge < -0.3 is 5.32 Å². The van der Waals surface area contributed by atoms with E-state index in [2.05, 4.69) is 64.8 Å². The zero-order valence-corrected chi connectivity index (χ0v) is 17.5. The van der Waals surface area contributed by atoms with Crippen LogP contribution in [0.1, 0.15) is 45.5 Å². The Morgan fingerprint density at radius 2 is 1.40 bits per heavy atom. The van der Waals surface area contributed by atoms with E-state index in [9.17, 15) is 4.79 Å². The summed E-state index contributed by atoms with van der Waals surface area (Å²) in [5, 5.41) is 3.10. The molecular formula is C27H30N2O. The van der Waals surface area contributed by atoms with Crippen LogP contribution in [-0.2, 0) is 25.9 Å². The maximum atomic E-state index is 12.8. The summed E-state index contributed by atoms with van der Waals surface area (Å²) in [4.78, 5) is 15.3. The summed E-state index contributed by atoms with van der Waals surface area (Å²) < 4.78 is 0. The fraction of sp³-hybridized carbons (Fsp3) is 0.296. The molecule has 4 rings (SSSR count). The smallest absolute Gasteiger partial charge is 0.251 e. The van der Waals surface area contributed by atoms with E-state index in [4.69, 9.17) is 0 Å². The van der Waals surface area contributed by atoms with Gasteiger partial charge >= 0.3 is 0 Å². The van der Waals surface area contributed by atoms with Crippen molar-refractivity contribution in [1.82, 2.24) is 10.2 Å². The van der Waals surface area contributed by atoms with Crippen molar-refractivity contribution in [3.05, 3.63) is 107 Å². The van der Waals surface area contributed by atoms with Gasteiger partial charge in [-0.15, -0.1) is 0 Å². The van der Waals surface area contributed by atoms with Crippen LogP contribution in [-0.4, -0.2) is 23.9 Å². The Balaban J connectivity index is 1.32. The van der Waals surface area contributed by atoms with Crippen LogP contribution < -0.4 is 5.32 Å². The standard InChI is InChI=1S/C27H30N2O/c30-27(26-11-5-4-10-25(26)17-16-22-8-2-1-3-9-22)28-20-23-12-14-24(15-13-23)21-29-18-6-7-19-29/h1-5,8-15H,6-7,16-21H2,(H,28,30). The quantitative estimate of drug-likeness (QED) is 0.579. The van der Waals surface area contributed by atoms with Crippen LogP contribution in [0.3, 0.4) is 0 Å². The molecule has 1 saturated heterocycles. The van der Waals surface area contributed by atoms with Crippen LogP contribution in [0.15, 0.2) is 78.9 Å². The van der Waals surface area contributed by atoms with Crippen LogP contribution in [0.2, 0.25) is 0 Å². The molecule has 1 aliphatic heterocycles. The normalized spacial score (nSPS) is 14.0. The number of aryl methyl sites for hydroxylation is 2. The first-order valence-corrected chi connectivity index (χ1v) is 11.0. The SMILES string of the molecule is O=C(NCc1ccc(CN2CCCC2)cc1)c1ccccc1CCc1ccccc1. The van der Waals surface area contributed by atoms with Gasteiger partial charge in [-0.05, 0) is 67.1 Å². The van der Waals surface area contributed by atoms with Gasteiger partial charge in [0.15, 0.2) is 0 Å². The van der Waals surface area contributed by atoms with Gasteiger partial charge in [-0.2, -0.15) is 0 Å². The van der Waals surface area contributed by atoms with Crippen LogP contribution in [0.5, 0.6) is 0 Å². The van der Waals surface area contributed by atoms with Crippen LogP contribution in [0, 0.1) is 0 Å². The van der Waals surface area contributed by atoms with Crippen LogP contribution >= 0.6 is 0 Å². The summed E-state index contributed by atoms with van der Waals surface area (Å²) in [5.41, 5.74) is 5.65. The molecule has 0 spiro atoms. The summed E-state index contributed by atoms with van der Waals surface area (Å²) >= 11 is 0. The lowest BCUT2D eigenvalue weighted by atomic mass is 9.99. The first kappa shape index (κ1) is 20.4. The second-order valence-corrected chi connectivity index (χ2v) is 8.13. The molecule has 0 aliphatic carbocycles. The lowest BCUT2D eigenvalue weighted by molar-refractivity contribution is 0.0950. The molecule has 0 saturated carbocycles. The molecule has 0 atom stereocenters. The third-order valence-corrected chi connectivity index (χ3v) is 5.87. The topological polar surface area (TPSA) is 32.3 Å². The van der Waals surface area contributed by atoms with Crippen molar-refractivity contribution in [2.45, 2.75) is 38.8 Å². The second-order valence-electron chi connectivity index (χ2n) is 8.13. The minimum Gasteiger partial charge on any atom is -0.348 e. The Morgan fingerprint density at radius 1 is 0.733 bits per heavy atom. The minimum atomic E-state index is -0.000181. The molecule has 1 aliphatic rings. The summed E-state index contributed by atoms with van der Waals surface area (Å²) in [5.74, 6) is -0.000181. The molecule has 3 aromatic rings. The van der Waals surface area contributed by atoms with Crippen molar-refractivity contribution in [3.63, 3.8) is 0 Å². The van der Waals surface area contributed by atoms with Crippen LogP contribution in [0.4, 0.5) is 0 Å². The predicted octanol–water partition coefficient (Wildman–Crippen LogP) is 5.00. The highest BCUT2D eigenvalue weighted by atomic mass is 16.1. The van der Waals surface area contributed by atoms with E-state index in [0.29, 0.717) is 6.54 Å². The number of likely N-dealkylation sites (tertiary alicyclic amines) is 1. The molecule has 154 valence electrons. The van der Waals surface area contributed by atoms with E-state index in [0.717, 1.165) is 36.1 Å². The van der Waals surface area contributed by atoms with Gasteiger partial charge in [-0.1, -0.05) is 72.8 Å². The molecule has 3 heteroatoms. The van der Waals surface area contributed by atoms with E-state index >= 15 is 0 Å². The van der Waals surface area contributed by atoms with Gasteiger partial charge in [-0.3, -0.25) is 9.69 Å². The molecule has 1 fully saturated rings. The summed E-state index contributed by atoms with van der Waals surface area (Å²) in [7, 11) is 0. The first-order valence-electron chi connectivity index (χ1n) is 11.0. The van der Waals surface area contributed by atoms with Crippen molar-refractivity contribution in [2.24, 2.45) is 0 Å². The van der Waals surface area contributed by atoms with E-state index in [1.165, 1.54) is 37.1 Å². The van der Waals surface area contributed by atoms with Gasteiger partial charge in [-0.25, -0.2) is 0 Å². The Hall–Kier alpha value is -2.91. The van der Waals surface area contributed by atoms with Crippen molar-refractivity contribution >= 4 is 5.91 Å². The molecule has 3 aromatic carbocycles. The third kappa shape index (κ3) is 5.58. The maximum Gasteiger partial charge on any atom is 0.251 e. The lowest BCUT2D eigenvalue weighted by Crippen LogP contribution is -2.24. The molecule has 0 bridgehead atoms. The summed E-state index contributed by atoms with van der Waals surface area (Å²) in [6.07, 6.45) is 4.43. The Bertz CT molecular complexity index is 944. The Kier molecular flexibility index (Phi) is 6.94. The van der Waals surface area contributed by atoms with Crippen molar-refractivity contribution < 1.29 is 4.79 Å².